The molecule has 3 amide bonds. The molecule has 10 nitrogen and oxygen atoms in total. The molecule has 1 unspecified atom stereocenters. The van der Waals surface area contributed by atoms with Gasteiger partial charge in [-0.1, -0.05) is 39.0 Å². The number of ether oxygens (including phenoxy) is 1. The van der Waals surface area contributed by atoms with E-state index in [1.54, 1.807) is 4.68 Å². The lowest BCUT2D eigenvalue weighted by Crippen LogP contribution is -2.54. The largest absolute Gasteiger partial charge is 0.442 e. The van der Waals surface area contributed by atoms with Crippen LogP contribution in [0.15, 0.2) is 24.3 Å². The second kappa shape index (κ2) is 10.3. The number of nitriles is 1. The van der Waals surface area contributed by atoms with Gasteiger partial charge in [0.15, 0.2) is 5.69 Å². The molecule has 2 aromatic rings. The van der Waals surface area contributed by atoms with Gasteiger partial charge in [-0.15, -0.1) is 0 Å². The summed E-state index contributed by atoms with van der Waals surface area (Å²) >= 11 is 0. The van der Waals surface area contributed by atoms with Gasteiger partial charge in [-0.2, -0.15) is 10.4 Å². The number of alkyl carbamates (subject to hydrolysis) is 1. The van der Waals surface area contributed by atoms with Crippen LogP contribution in [0.3, 0.4) is 0 Å². The van der Waals surface area contributed by atoms with Crippen molar-refractivity contribution in [2.45, 2.75) is 58.7 Å². The number of para-hydroxylation sites is 1. The van der Waals surface area contributed by atoms with Gasteiger partial charge in [-0.3, -0.25) is 14.3 Å². The number of hydrogen-bond donors (Lipinski definition) is 3. The van der Waals surface area contributed by atoms with E-state index in [-0.39, 0.29) is 18.1 Å². The SMILES string of the molecule is CC(C)(C)[C@H](NC(=O)c1nn(CCCCC#N)c2ccccc12)C(=O)NCC1CNC(=O)O1. The van der Waals surface area contributed by atoms with Gasteiger partial charge in [0, 0.05) is 18.4 Å². The molecule has 1 aliphatic heterocycles. The van der Waals surface area contributed by atoms with Gasteiger partial charge in [0.1, 0.15) is 12.1 Å². The van der Waals surface area contributed by atoms with E-state index >= 15 is 0 Å². The Kier molecular flexibility index (Phi) is 7.53. The van der Waals surface area contributed by atoms with Crippen molar-refractivity contribution in [1.82, 2.24) is 25.7 Å². The number of amides is 3. The summed E-state index contributed by atoms with van der Waals surface area (Å²) in [5.74, 6) is -0.801. The summed E-state index contributed by atoms with van der Waals surface area (Å²) < 4.78 is 6.82. The predicted molar refractivity (Wildman–Crippen MR) is 121 cm³/mol. The van der Waals surface area contributed by atoms with Crippen molar-refractivity contribution in [3.8, 4) is 6.07 Å². The number of rotatable bonds is 9. The van der Waals surface area contributed by atoms with E-state index in [1.165, 1.54) is 0 Å². The first-order valence-electron chi connectivity index (χ1n) is 11.1. The van der Waals surface area contributed by atoms with E-state index in [0.717, 1.165) is 18.4 Å². The number of cyclic esters (lactones) is 1. The first-order valence-corrected chi connectivity index (χ1v) is 11.1. The van der Waals surface area contributed by atoms with Crippen molar-refractivity contribution in [2.75, 3.05) is 13.1 Å². The molecule has 0 spiro atoms. The standard InChI is InChI=1S/C23H30N6O4/c1-23(2,3)19(21(31)25-13-15-14-26-22(32)33-15)27-20(30)18-16-9-5-6-10-17(16)29(28-18)12-8-4-7-11-24/h5-6,9-10,15,19H,4,7-8,12-14H2,1-3H3,(H,25,31)(H,26,32)(H,27,30)/t15?,19-/m1/s1. The molecular formula is C23H30N6O4. The molecule has 0 bridgehead atoms. The van der Waals surface area contributed by atoms with Crippen LogP contribution in [0.4, 0.5) is 4.79 Å². The summed E-state index contributed by atoms with van der Waals surface area (Å²) in [4.78, 5) is 37.3. The molecule has 3 N–H and O–H groups in total. The lowest BCUT2D eigenvalue weighted by molar-refractivity contribution is -0.125. The quantitative estimate of drug-likeness (QED) is 0.496. The van der Waals surface area contributed by atoms with Crippen molar-refractivity contribution in [3.63, 3.8) is 0 Å². The highest BCUT2D eigenvalue weighted by Crippen LogP contribution is 2.23. The Morgan fingerprint density at radius 2 is 2.09 bits per heavy atom. The van der Waals surface area contributed by atoms with Crippen molar-refractivity contribution >= 4 is 28.8 Å². The molecule has 0 saturated carbocycles. The summed E-state index contributed by atoms with van der Waals surface area (Å²) in [6, 6.07) is 8.76. The molecule has 0 aliphatic carbocycles. The number of aryl methyl sites for hydroxylation is 1. The average molecular weight is 455 g/mol. The van der Waals surface area contributed by atoms with Crippen LogP contribution in [-0.4, -0.2) is 52.9 Å². The monoisotopic (exact) mass is 454 g/mol. The Morgan fingerprint density at radius 3 is 2.76 bits per heavy atom. The van der Waals surface area contributed by atoms with E-state index in [9.17, 15) is 14.4 Å². The minimum atomic E-state index is -0.824. The summed E-state index contributed by atoms with van der Waals surface area (Å²) in [5, 5.41) is 22.1. The zero-order valence-electron chi connectivity index (χ0n) is 19.2. The molecule has 2 heterocycles. The molecular weight excluding hydrogens is 424 g/mol. The zero-order valence-corrected chi connectivity index (χ0v) is 19.2. The minimum Gasteiger partial charge on any atom is -0.442 e. The van der Waals surface area contributed by atoms with Gasteiger partial charge in [-0.05, 0) is 24.3 Å². The third kappa shape index (κ3) is 6.00. The second-order valence-electron chi connectivity index (χ2n) is 9.13. The van der Waals surface area contributed by atoms with Gasteiger partial charge in [-0.25, -0.2) is 4.79 Å². The van der Waals surface area contributed by atoms with Crippen LogP contribution in [-0.2, 0) is 16.1 Å². The van der Waals surface area contributed by atoms with Crippen LogP contribution in [0.2, 0.25) is 0 Å². The van der Waals surface area contributed by atoms with Crippen LogP contribution in [0.1, 0.15) is 50.5 Å². The zero-order chi connectivity index (χ0) is 24.0. The second-order valence-corrected chi connectivity index (χ2v) is 9.13. The van der Waals surface area contributed by atoms with Crippen LogP contribution in [0.5, 0.6) is 0 Å². The number of fused-ring (bicyclic) bond motifs is 1. The number of carbonyl (C=O) groups excluding carboxylic acids is 3. The number of nitrogens with zero attached hydrogens (tertiary/aromatic N) is 3. The normalized spacial score (nSPS) is 16.5. The van der Waals surface area contributed by atoms with Gasteiger partial charge < -0.3 is 20.7 Å². The Labute approximate surface area is 192 Å². The third-order valence-electron chi connectivity index (χ3n) is 5.44. The Balaban J connectivity index is 1.74. The molecule has 3 rings (SSSR count). The van der Waals surface area contributed by atoms with Gasteiger partial charge in [0.25, 0.3) is 5.91 Å². The van der Waals surface area contributed by atoms with Crippen LogP contribution >= 0.6 is 0 Å². The highest BCUT2D eigenvalue weighted by Gasteiger charge is 2.35. The van der Waals surface area contributed by atoms with Gasteiger partial charge in [0.2, 0.25) is 5.91 Å². The molecule has 1 aliphatic rings. The van der Waals surface area contributed by atoms with E-state index in [2.05, 4.69) is 27.1 Å². The molecule has 1 fully saturated rings. The molecule has 176 valence electrons. The fourth-order valence-electron chi connectivity index (χ4n) is 3.67. The maximum absolute atomic E-state index is 13.2. The fourth-order valence-corrected chi connectivity index (χ4v) is 3.67. The Hall–Kier alpha value is -3.61. The molecule has 2 atom stereocenters. The number of hydrogen-bond acceptors (Lipinski definition) is 6. The summed E-state index contributed by atoms with van der Waals surface area (Å²) in [6.45, 7) is 6.65. The summed E-state index contributed by atoms with van der Waals surface area (Å²) in [6.07, 6.45) is 1.05. The van der Waals surface area contributed by atoms with E-state index in [0.29, 0.717) is 24.9 Å². The number of unbranched alkanes of at least 4 members (excludes halogenated alkanes) is 2. The van der Waals surface area contributed by atoms with E-state index in [4.69, 9.17) is 10.00 Å². The Morgan fingerprint density at radius 1 is 1.33 bits per heavy atom. The smallest absolute Gasteiger partial charge is 0.407 e. The highest BCUT2D eigenvalue weighted by molar-refractivity contribution is 6.06. The molecule has 1 aromatic carbocycles. The Bertz CT molecular complexity index is 1070. The van der Waals surface area contributed by atoms with E-state index in [1.807, 2.05) is 45.0 Å². The first-order chi connectivity index (χ1) is 15.7. The number of aromatic nitrogens is 2. The van der Waals surface area contributed by atoms with Crippen LogP contribution < -0.4 is 16.0 Å². The summed E-state index contributed by atoms with van der Waals surface area (Å²) in [7, 11) is 0. The lowest BCUT2D eigenvalue weighted by Gasteiger charge is -2.30. The topological polar surface area (TPSA) is 138 Å². The number of carbonyl (C=O) groups is 3. The van der Waals surface area contributed by atoms with Crippen molar-refractivity contribution in [2.24, 2.45) is 5.41 Å². The van der Waals surface area contributed by atoms with Crippen LogP contribution in [0, 0.1) is 16.7 Å². The minimum absolute atomic E-state index is 0.153. The molecule has 33 heavy (non-hydrogen) atoms. The first kappa shape index (κ1) is 24.0. The highest BCUT2D eigenvalue weighted by atomic mass is 16.6. The predicted octanol–water partition coefficient (Wildman–Crippen LogP) is 2.10. The maximum Gasteiger partial charge on any atom is 0.407 e. The average Bonchev–Trinajstić information content (AvgIpc) is 3.36. The number of nitrogens with one attached hydrogen (secondary N) is 3. The van der Waals surface area contributed by atoms with Gasteiger partial charge in [0.05, 0.1) is 24.7 Å². The van der Waals surface area contributed by atoms with Gasteiger partial charge >= 0.3 is 6.09 Å². The van der Waals surface area contributed by atoms with Crippen molar-refractivity contribution in [1.29, 1.82) is 5.26 Å². The lowest BCUT2D eigenvalue weighted by atomic mass is 9.86. The fraction of sp³-hybridized carbons (Fsp3) is 0.522. The molecule has 10 heteroatoms. The molecule has 1 saturated heterocycles. The van der Waals surface area contributed by atoms with E-state index < -0.39 is 29.6 Å². The third-order valence-corrected chi connectivity index (χ3v) is 5.44. The molecule has 0 radical (unpaired) electrons. The van der Waals surface area contributed by atoms with Crippen LogP contribution in [0.25, 0.3) is 10.9 Å². The number of benzene rings is 1. The maximum atomic E-state index is 13.2. The molecule has 1 aromatic heterocycles. The summed E-state index contributed by atoms with van der Waals surface area (Å²) in [5.41, 5.74) is 0.508. The van der Waals surface area contributed by atoms with Crippen molar-refractivity contribution < 1.29 is 19.1 Å². The van der Waals surface area contributed by atoms with Crippen molar-refractivity contribution in [3.05, 3.63) is 30.0 Å².